The molecule has 3 heteroatoms. The van der Waals surface area contributed by atoms with Crippen LogP contribution in [0.1, 0.15) is 10.4 Å². The van der Waals surface area contributed by atoms with Gasteiger partial charge in [-0.2, -0.15) is 0 Å². The minimum Gasteiger partial charge on any atom is -0.323 e. The van der Waals surface area contributed by atoms with Crippen LogP contribution in [-0.2, 0) is 13.0 Å². The van der Waals surface area contributed by atoms with Crippen LogP contribution in [0, 0.1) is 0 Å². The minimum absolute atomic E-state index is 1.15. The largest absolute Gasteiger partial charge is 0.323 e. The fourth-order valence-electron chi connectivity index (χ4n) is 1.39. The van der Waals surface area contributed by atoms with E-state index < -0.39 is 0 Å². The van der Waals surface area contributed by atoms with E-state index in [9.17, 15) is 0 Å². The summed E-state index contributed by atoms with van der Waals surface area (Å²) >= 11 is 1.90. The van der Waals surface area contributed by atoms with Crippen LogP contribution in [0.5, 0.6) is 0 Å². The molecule has 0 aliphatic carbocycles. The smallest absolute Gasteiger partial charge is 0.0241 e. The van der Waals surface area contributed by atoms with Crippen LogP contribution in [0.25, 0.3) is 0 Å². The van der Waals surface area contributed by atoms with Gasteiger partial charge in [-0.25, -0.2) is 0 Å². The van der Waals surface area contributed by atoms with Gasteiger partial charge in [-0.05, 0) is 44.6 Å². The van der Waals surface area contributed by atoms with Crippen molar-refractivity contribution in [2.75, 3.05) is 27.7 Å². The Balaban J connectivity index is 0.000000251. The molecule has 0 aromatic carbocycles. The van der Waals surface area contributed by atoms with Crippen molar-refractivity contribution in [3.63, 3.8) is 0 Å². The Labute approximate surface area is 84.6 Å². The van der Waals surface area contributed by atoms with Crippen molar-refractivity contribution in [1.29, 1.82) is 0 Å². The molecule has 2 rings (SSSR count). The van der Waals surface area contributed by atoms with Gasteiger partial charge in [-0.1, -0.05) is 0 Å². The molecule has 0 radical (unpaired) electrons. The number of fused-ring (bicyclic) bond motifs is 1. The Hall–Kier alpha value is -0.380. The molecule has 1 N–H and O–H groups in total. The fourth-order valence-corrected chi connectivity index (χ4v) is 2.28. The standard InChI is InChI=1S/C8H11NS.C2H7N/c1-9-4-2-8-7(6-9)3-5-10-8;1-3-2/h3,5H,2,4,6H2,1H3;3H,1-2H3. The second-order valence-corrected chi connectivity index (χ2v) is 4.36. The van der Waals surface area contributed by atoms with Crippen molar-refractivity contribution in [3.05, 3.63) is 21.9 Å². The van der Waals surface area contributed by atoms with Crippen LogP contribution in [-0.4, -0.2) is 32.6 Å². The zero-order valence-corrected chi connectivity index (χ0v) is 9.45. The summed E-state index contributed by atoms with van der Waals surface area (Å²) in [5.41, 5.74) is 1.54. The highest BCUT2D eigenvalue weighted by Gasteiger charge is 2.12. The third-order valence-electron chi connectivity index (χ3n) is 2.00. The van der Waals surface area contributed by atoms with Crippen molar-refractivity contribution in [2.45, 2.75) is 13.0 Å². The van der Waals surface area contributed by atoms with Crippen LogP contribution in [0.4, 0.5) is 0 Å². The fraction of sp³-hybridized carbons (Fsp3) is 0.600. The van der Waals surface area contributed by atoms with Crippen molar-refractivity contribution in [2.24, 2.45) is 0 Å². The van der Waals surface area contributed by atoms with E-state index in [0.29, 0.717) is 0 Å². The lowest BCUT2D eigenvalue weighted by Crippen LogP contribution is -2.25. The number of nitrogens with one attached hydrogen (secondary N) is 1. The van der Waals surface area contributed by atoms with Crippen molar-refractivity contribution < 1.29 is 0 Å². The molecule has 1 aromatic heterocycles. The van der Waals surface area contributed by atoms with E-state index in [1.165, 1.54) is 13.0 Å². The summed E-state index contributed by atoms with van der Waals surface area (Å²) in [6, 6.07) is 2.25. The summed E-state index contributed by atoms with van der Waals surface area (Å²) in [4.78, 5) is 3.97. The summed E-state index contributed by atoms with van der Waals surface area (Å²) in [6.45, 7) is 2.38. The van der Waals surface area contributed by atoms with E-state index in [1.807, 2.05) is 25.4 Å². The zero-order valence-electron chi connectivity index (χ0n) is 8.63. The van der Waals surface area contributed by atoms with Gasteiger partial charge in [0, 0.05) is 18.0 Å². The normalized spacial score (nSPS) is 15.9. The maximum atomic E-state index is 2.75. The van der Waals surface area contributed by atoms with Gasteiger partial charge in [0.1, 0.15) is 0 Å². The second kappa shape index (κ2) is 5.37. The summed E-state index contributed by atoms with van der Waals surface area (Å²) in [5, 5.41) is 4.95. The van der Waals surface area contributed by atoms with Crippen LogP contribution in [0.2, 0.25) is 0 Å². The molecule has 1 aromatic rings. The quantitative estimate of drug-likeness (QED) is 0.681. The molecule has 2 nitrogen and oxygen atoms in total. The average Bonchev–Trinajstić information content (AvgIpc) is 2.52. The van der Waals surface area contributed by atoms with Gasteiger partial charge in [0.05, 0.1) is 0 Å². The van der Waals surface area contributed by atoms with Crippen LogP contribution in [0.15, 0.2) is 11.4 Å². The predicted octanol–water partition coefficient (Wildman–Crippen LogP) is 1.57. The second-order valence-electron chi connectivity index (χ2n) is 3.36. The van der Waals surface area contributed by atoms with Crippen molar-refractivity contribution >= 4 is 11.3 Å². The molecule has 74 valence electrons. The Kier molecular flexibility index (Phi) is 4.42. The molecule has 0 saturated carbocycles. The van der Waals surface area contributed by atoms with Gasteiger partial charge in [-0.3, -0.25) is 0 Å². The summed E-state index contributed by atoms with van der Waals surface area (Å²) < 4.78 is 0. The molecular weight excluding hydrogens is 180 g/mol. The molecule has 1 aliphatic rings. The van der Waals surface area contributed by atoms with Gasteiger partial charge in [0.2, 0.25) is 0 Å². The topological polar surface area (TPSA) is 15.3 Å². The lowest BCUT2D eigenvalue weighted by atomic mass is 10.1. The molecule has 1 aliphatic heterocycles. The van der Waals surface area contributed by atoms with Gasteiger partial charge >= 0.3 is 0 Å². The predicted molar refractivity (Wildman–Crippen MR) is 59.3 cm³/mol. The SMILES string of the molecule is CN1CCc2sccc2C1.CNC. The number of hydrogen-bond acceptors (Lipinski definition) is 3. The Morgan fingerprint density at radius 2 is 2.15 bits per heavy atom. The molecule has 0 unspecified atom stereocenters. The number of rotatable bonds is 0. The molecule has 0 fully saturated rings. The first kappa shape index (κ1) is 10.7. The van der Waals surface area contributed by atoms with Gasteiger partial charge in [0.15, 0.2) is 0 Å². The van der Waals surface area contributed by atoms with Crippen LogP contribution >= 0.6 is 11.3 Å². The monoisotopic (exact) mass is 198 g/mol. The Bertz CT molecular complexity index is 245. The number of thiophene rings is 1. The maximum Gasteiger partial charge on any atom is 0.0241 e. The highest BCUT2D eigenvalue weighted by atomic mass is 32.1. The third kappa shape index (κ3) is 3.10. The van der Waals surface area contributed by atoms with E-state index in [-0.39, 0.29) is 0 Å². The van der Waals surface area contributed by atoms with Crippen molar-refractivity contribution in [1.82, 2.24) is 10.2 Å². The third-order valence-corrected chi connectivity index (χ3v) is 3.02. The molecular formula is C10H18N2S. The van der Waals surface area contributed by atoms with Gasteiger partial charge in [-0.15, -0.1) is 11.3 Å². The molecule has 0 saturated heterocycles. The van der Waals surface area contributed by atoms with Gasteiger partial charge in [0.25, 0.3) is 0 Å². The number of hydrogen-bond donors (Lipinski definition) is 1. The van der Waals surface area contributed by atoms with Crippen LogP contribution in [0.3, 0.4) is 0 Å². The molecule has 0 bridgehead atoms. The maximum absolute atomic E-state index is 2.75. The molecule has 2 heterocycles. The van der Waals surface area contributed by atoms with E-state index in [0.717, 1.165) is 6.54 Å². The van der Waals surface area contributed by atoms with Gasteiger partial charge < -0.3 is 10.2 Å². The molecule has 0 atom stereocenters. The number of nitrogens with zero attached hydrogens (tertiary/aromatic N) is 1. The van der Waals surface area contributed by atoms with E-state index in [2.05, 4.69) is 28.7 Å². The molecule has 13 heavy (non-hydrogen) atoms. The van der Waals surface area contributed by atoms with E-state index in [4.69, 9.17) is 0 Å². The minimum atomic E-state index is 1.15. The zero-order chi connectivity index (χ0) is 9.68. The van der Waals surface area contributed by atoms with E-state index >= 15 is 0 Å². The lowest BCUT2D eigenvalue weighted by Gasteiger charge is -2.21. The van der Waals surface area contributed by atoms with Crippen molar-refractivity contribution in [3.8, 4) is 0 Å². The summed E-state index contributed by atoms with van der Waals surface area (Å²) in [5.74, 6) is 0. The Morgan fingerprint density at radius 3 is 2.85 bits per heavy atom. The average molecular weight is 198 g/mol. The Morgan fingerprint density at radius 1 is 1.46 bits per heavy atom. The summed E-state index contributed by atoms with van der Waals surface area (Å²) in [6.07, 6.45) is 1.25. The highest BCUT2D eigenvalue weighted by molar-refractivity contribution is 7.10. The van der Waals surface area contributed by atoms with E-state index in [1.54, 1.807) is 10.4 Å². The first-order chi connectivity index (χ1) is 6.27. The molecule has 0 amide bonds. The first-order valence-corrected chi connectivity index (χ1v) is 5.48. The summed E-state index contributed by atoms with van der Waals surface area (Å²) in [7, 11) is 5.93. The molecule has 0 spiro atoms. The first-order valence-electron chi connectivity index (χ1n) is 4.60. The number of likely N-dealkylation sites (N-methyl/N-ethyl adjacent to an activating group) is 1. The highest BCUT2D eigenvalue weighted by Crippen LogP contribution is 2.22. The van der Waals surface area contributed by atoms with Crippen LogP contribution < -0.4 is 5.32 Å². The lowest BCUT2D eigenvalue weighted by molar-refractivity contribution is 0.315.